The molecule has 2 aliphatic rings. The van der Waals surface area contributed by atoms with E-state index in [4.69, 9.17) is 4.74 Å². The Morgan fingerprint density at radius 2 is 1.92 bits per heavy atom. The number of nitrogens with zero attached hydrogens (tertiary/aromatic N) is 1. The van der Waals surface area contributed by atoms with Crippen LogP contribution in [0.2, 0.25) is 0 Å². The Morgan fingerprint density at radius 1 is 1.23 bits per heavy atom. The molecular formula is C9H11NO3. The molecule has 0 N–H and O–H groups in total. The topological polar surface area (TPSA) is 46.6 Å². The van der Waals surface area contributed by atoms with Gasteiger partial charge in [0.2, 0.25) is 0 Å². The van der Waals surface area contributed by atoms with Gasteiger partial charge in [-0.05, 0) is 0 Å². The molecule has 13 heavy (non-hydrogen) atoms. The molecule has 0 aromatic carbocycles. The van der Waals surface area contributed by atoms with Gasteiger partial charge in [0.25, 0.3) is 0 Å². The predicted molar refractivity (Wildman–Crippen MR) is 45.1 cm³/mol. The Balaban J connectivity index is 2.10. The Kier molecular flexibility index (Phi) is 2.14. The number of ether oxygens (including phenoxy) is 1. The fourth-order valence-electron chi connectivity index (χ4n) is 1.60. The zero-order chi connectivity index (χ0) is 9.26. The molecule has 1 fully saturated rings. The minimum atomic E-state index is -0.0773. The molecule has 4 heteroatoms. The molecule has 1 saturated heterocycles. The van der Waals surface area contributed by atoms with Crippen LogP contribution < -0.4 is 0 Å². The number of carbonyl (C=O) groups excluding carboxylic acids is 2. The molecule has 0 unspecified atom stereocenters. The Hall–Kier alpha value is -1.16. The third-order valence-electron chi connectivity index (χ3n) is 2.27. The molecule has 2 rings (SSSR count). The highest BCUT2D eigenvalue weighted by Crippen LogP contribution is 2.16. The highest BCUT2D eigenvalue weighted by atomic mass is 16.5. The molecule has 0 radical (unpaired) electrons. The smallest absolute Gasteiger partial charge is 0.186 e. The van der Waals surface area contributed by atoms with Gasteiger partial charge in [0, 0.05) is 19.2 Å². The summed E-state index contributed by atoms with van der Waals surface area (Å²) in [4.78, 5) is 24.2. The lowest BCUT2D eigenvalue weighted by Gasteiger charge is -2.28. The normalized spacial score (nSPS) is 23.7. The summed E-state index contributed by atoms with van der Waals surface area (Å²) in [5.41, 5.74) is 0.577. The average molecular weight is 181 g/mol. The largest absolute Gasteiger partial charge is 0.378 e. The SMILES string of the molecule is O=C1C=C(N2CCOCC2)C(=O)C1. The van der Waals surface area contributed by atoms with Gasteiger partial charge < -0.3 is 9.64 Å². The van der Waals surface area contributed by atoms with E-state index in [0.717, 1.165) is 0 Å². The van der Waals surface area contributed by atoms with Crippen molar-refractivity contribution in [3.63, 3.8) is 0 Å². The minimum Gasteiger partial charge on any atom is -0.378 e. The van der Waals surface area contributed by atoms with Crippen molar-refractivity contribution in [1.82, 2.24) is 4.90 Å². The van der Waals surface area contributed by atoms with Gasteiger partial charge >= 0.3 is 0 Å². The van der Waals surface area contributed by atoms with E-state index in [-0.39, 0.29) is 18.0 Å². The molecule has 1 heterocycles. The van der Waals surface area contributed by atoms with Crippen molar-refractivity contribution in [3.05, 3.63) is 11.8 Å². The molecule has 0 spiro atoms. The number of allylic oxidation sites excluding steroid dienone is 2. The molecule has 0 aromatic heterocycles. The van der Waals surface area contributed by atoms with E-state index in [9.17, 15) is 9.59 Å². The van der Waals surface area contributed by atoms with Gasteiger partial charge in [-0.3, -0.25) is 9.59 Å². The molecule has 0 bridgehead atoms. The average Bonchev–Trinajstić information content (AvgIpc) is 2.47. The lowest BCUT2D eigenvalue weighted by atomic mass is 10.2. The lowest BCUT2D eigenvalue weighted by Crippen LogP contribution is -2.37. The number of morpholine rings is 1. The highest BCUT2D eigenvalue weighted by molar-refractivity contribution is 6.18. The number of hydrogen-bond acceptors (Lipinski definition) is 4. The zero-order valence-electron chi connectivity index (χ0n) is 7.28. The van der Waals surface area contributed by atoms with Crippen molar-refractivity contribution < 1.29 is 14.3 Å². The first kappa shape index (κ1) is 8.44. The van der Waals surface area contributed by atoms with Crippen LogP contribution in [0.15, 0.2) is 11.8 Å². The van der Waals surface area contributed by atoms with Crippen molar-refractivity contribution in [2.75, 3.05) is 26.3 Å². The quantitative estimate of drug-likeness (QED) is 0.523. The van der Waals surface area contributed by atoms with E-state index in [2.05, 4.69) is 0 Å². The van der Waals surface area contributed by atoms with E-state index >= 15 is 0 Å². The molecule has 0 atom stereocenters. The molecule has 1 aliphatic carbocycles. The van der Waals surface area contributed by atoms with E-state index in [1.54, 1.807) is 0 Å². The van der Waals surface area contributed by atoms with Crippen LogP contribution in [0, 0.1) is 0 Å². The fourth-order valence-corrected chi connectivity index (χ4v) is 1.60. The first-order chi connectivity index (χ1) is 6.27. The highest BCUT2D eigenvalue weighted by Gasteiger charge is 2.27. The third kappa shape index (κ3) is 1.62. The van der Waals surface area contributed by atoms with E-state index in [0.29, 0.717) is 32.0 Å². The van der Waals surface area contributed by atoms with Crippen LogP contribution in [0.25, 0.3) is 0 Å². The van der Waals surface area contributed by atoms with Crippen molar-refractivity contribution >= 4 is 11.6 Å². The first-order valence-electron chi connectivity index (χ1n) is 4.38. The van der Waals surface area contributed by atoms with Crippen molar-refractivity contribution in [1.29, 1.82) is 0 Å². The summed E-state index contributed by atoms with van der Waals surface area (Å²) in [6, 6.07) is 0. The van der Waals surface area contributed by atoms with Crippen LogP contribution in [0.5, 0.6) is 0 Å². The Bertz CT molecular complexity index is 277. The summed E-state index contributed by atoms with van der Waals surface area (Å²) in [6.45, 7) is 2.70. The molecule has 4 nitrogen and oxygen atoms in total. The fraction of sp³-hybridized carbons (Fsp3) is 0.556. The monoisotopic (exact) mass is 181 g/mol. The summed E-state index contributed by atoms with van der Waals surface area (Å²) in [5.74, 6) is -0.126. The van der Waals surface area contributed by atoms with E-state index in [1.165, 1.54) is 6.08 Å². The summed E-state index contributed by atoms with van der Waals surface area (Å²) < 4.78 is 5.16. The van der Waals surface area contributed by atoms with Crippen LogP contribution in [0.3, 0.4) is 0 Å². The second-order valence-corrected chi connectivity index (χ2v) is 3.20. The third-order valence-corrected chi connectivity index (χ3v) is 2.27. The number of Topliss-reactive ketones (excluding diaryl/α,β-unsaturated/α-hetero) is 1. The van der Waals surface area contributed by atoms with Gasteiger partial charge in [0.15, 0.2) is 11.6 Å². The van der Waals surface area contributed by atoms with Crippen molar-refractivity contribution in [2.45, 2.75) is 6.42 Å². The molecule has 1 aliphatic heterocycles. The number of ketones is 2. The maximum atomic E-state index is 11.3. The van der Waals surface area contributed by atoms with Gasteiger partial charge in [0.1, 0.15) is 0 Å². The Labute approximate surface area is 76.2 Å². The molecule has 0 aromatic rings. The van der Waals surface area contributed by atoms with Crippen molar-refractivity contribution in [2.24, 2.45) is 0 Å². The van der Waals surface area contributed by atoms with Gasteiger partial charge in [-0.15, -0.1) is 0 Å². The first-order valence-corrected chi connectivity index (χ1v) is 4.38. The summed E-state index contributed by atoms with van der Waals surface area (Å²) >= 11 is 0. The van der Waals surface area contributed by atoms with Gasteiger partial charge in [-0.2, -0.15) is 0 Å². The molecule has 70 valence electrons. The van der Waals surface area contributed by atoms with Gasteiger partial charge in [-0.25, -0.2) is 0 Å². The molecule has 0 saturated carbocycles. The maximum Gasteiger partial charge on any atom is 0.186 e. The summed E-state index contributed by atoms with van der Waals surface area (Å²) in [6.07, 6.45) is 1.50. The number of carbonyl (C=O) groups is 2. The zero-order valence-corrected chi connectivity index (χ0v) is 7.28. The van der Waals surface area contributed by atoms with E-state index in [1.807, 2.05) is 4.90 Å². The van der Waals surface area contributed by atoms with Crippen LogP contribution in [-0.4, -0.2) is 42.8 Å². The van der Waals surface area contributed by atoms with E-state index < -0.39 is 0 Å². The number of hydrogen-bond donors (Lipinski definition) is 0. The summed E-state index contributed by atoms with van der Waals surface area (Å²) in [5, 5.41) is 0. The van der Waals surface area contributed by atoms with Gasteiger partial charge in [-0.1, -0.05) is 0 Å². The predicted octanol–water partition coefficient (Wildman–Crippen LogP) is -0.256. The van der Waals surface area contributed by atoms with Crippen molar-refractivity contribution in [3.8, 4) is 0 Å². The second kappa shape index (κ2) is 3.30. The molecule has 0 amide bonds. The molecular weight excluding hydrogens is 170 g/mol. The van der Waals surface area contributed by atoms with Crippen LogP contribution in [0.4, 0.5) is 0 Å². The van der Waals surface area contributed by atoms with Crippen LogP contribution in [0.1, 0.15) is 6.42 Å². The van der Waals surface area contributed by atoms with Crippen LogP contribution in [-0.2, 0) is 14.3 Å². The minimum absolute atomic E-state index is 0.0483. The second-order valence-electron chi connectivity index (χ2n) is 3.20. The van der Waals surface area contributed by atoms with Gasteiger partial charge in [0.05, 0.1) is 25.3 Å². The summed E-state index contributed by atoms with van der Waals surface area (Å²) in [7, 11) is 0. The van der Waals surface area contributed by atoms with Crippen LogP contribution >= 0.6 is 0 Å². The number of rotatable bonds is 1. The standard InChI is InChI=1S/C9H11NO3/c11-7-5-8(9(12)6-7)10-1-3-13-4-2-10/h5H,1-4,6H2. The lowest BCUT2D eigenvalue weighted by molar-refractivity contribution is -0.121. The maximum absolute atomic E-state index is 11.3. The Morgan fingerprint density at radius 3 is 2.46 bits per heavy atom.